The maximum absolute atomic E-state index is 15.4. The summed E-state index contributed by atoms with van der Waals surface area (Å²) in [5.74, 6) is -0.718. The van der Waals surface area contributed by atoms with E-state index in [1.165, 1.54) is 17.6 Å². The van der Waals surface area contributed by atoms with Gasteiger partial charge in [-0.25, -0.2) is 14.2 Å². The zero-order valence-corrected chi connectivity index (χ0v) is 27.8. The Kier molecular flexibility index (Phi) is 7.96. The zero-order chi connectivity index (χ0) is 34.6. The van der Waals surface area contributed by atoms with Gasteiger partial charge in [0.1, 0.15) is 23.7 Å². The van der Waals surface area contributed by atoms with Crippen molar-refractivity contribution in [2.45, 2.75) is 65.1 Å². The number of esters is 1. The van der Waals surface area contributed by atoms with E-state index in [1.807, 2.05) is 45.0 Å². The lowest BCUT2D eigenvalue weighted by molar-refractivity contribution is -0.142. The van der Waals surface area contributed by atoms with Crippen LogP contribution in [0, 0.1) is 5.82 Å². The molecule has 0 bridgehead atoms. The molecule has 1 saturated carbocycles. The van der Waals surface area contributed by atoms with Gasteiger partial charge in [-0.15, -0.1) is 0 Å². The van der Waals surface area contributed by atoms with Gasteiger partial charge < -0.3 is 25.1 Å². The number of nitrogens with zero attached hydrogens (tertiary/aromatic N) is 4. The highest BCUT2D eigenvalue weighted by Crippen LogP contribution is 2.41. The van der Waals surface area contributed by atoms with Crippen molar-refractivity contribution in [3.05, 3.63) is 87.7 Å². The van der Waals surface area contributed by atoms with Crippen LogP contribution in [-0.2, 0) is 20.9 Å². The highest BCUT2D eigenvalue weighted by molar-refractivity contribution is 5.95. The number of fused-ring (bicyclic) bond motifs is 2. The predicted molar refractivity (Wildman–Crippen MR) is 185 cm³/mol. The smallest absolute Gasteiger partial charge is 0.410 e. The number of H-pyrrole nitrogens is 1. The van der Waals surface area contributed by atoms with E-state index in [0.717, 1.165) is 29.7 Å². The minimum absolute atomic E-state index is 0.00863. The molecule has 0 unspecified atom stereocenters. The fourth-order valence-corrected chi connectivity index (χ4v) is 6.35. The molecule has 3 aromatic heterocycles. The number of nitrogens with one attached hydrogen (secondary N) is 1. The van der Waals surface area contributed by atoms with E-state index in [-0.39, 0.29) is 24.0 Å². The summed E-state index contributed by atoms with van der Waals surface area (Å²) in [6, 6.07) is 12.3. The number of nitrogens with two attached hydrogens (primary N) is 1. The molecule has 2 aliphatic rings. The average Bonchev–Trinajstić information content (AvgIpc) is 3.81. The number of hydrogen-bond acceptors (Lipinski definition) is 8. The number of ether oxygens (including phenoxy) is 2. The number of hydrogen-bond donors (Lipinski definition) is 2. The molecule has 0 atom stereocenters. The molecule has 252 valence electrons. The van der Waals surface area contributed by atoms with E-state index in [4.69, 9.17) is 15.2 Å². The summed E-state index contributed by atoms with van der Waals surface area (Å²) in [6.07, 6.45) is 5.84. The van der Waals surface area contributed by atoms with Gasteiger partial charge in [0.05, 0.1) is 16.8 Å². The Labute approximate surface area is 281 Å². The summed E-state index contributed by atoms with van der Waals surface area (Å²) in [7, 11) is 0. The van der Waals surface area contributed by atoms with Crippen LogP contribution in [0.4, 0.5) is 15.1 Å². The highest BCUT2D eigenvalue weighted by atomic mass is 19.1. The first-order valence-corrected chi connectivity index (χ1v) is 16.3. The number of benzene rings is 2. The number of nitrogen functional groups attached to an aromatic ring is 1. The van der Waals surface area contributed by atoms with Crippen molar-refractivity contribution in [1.82, 2.24) is 24.4 Å². The Morgan fingerprint density at radius 2 is 1.92 bits per heavy atom. The first kappa shape index (κ1) is 32.0. The summed E-state index contributed by atoms with van der Waals surface area (Å²) in [5, 5.41) is 1.19. The zero-order valence-electron chi connectivity index (χ0n) is 27.8. The molecular weight excluding hydrogens is 627 g/mol. The molecule has 11 nitrogen and oxygen atoms in total. The molecule has 5 aromatic rings. The Balaban J connectivity index is 1.31. The van der Waals surface area contributed by atoms with Crippen molar-refractivity contribution in [2.75, 3.05) is 18.8 Å². The maximum atomic E-state index is 15.4. The second-order valence-electron chi connectivity index (χ2n) is 13.6. The number of halogens is 1. The lowest BCUT2D eigenvalue weighted by Gasteiger charge is -2.29. The average molecular weight is 665 g/mol. The third-order valence-electron chi connectivity index (χ3n) is 8.82. The molecule has 3 N–H and O–H groups in total. The summed E-state index contributed by atoms with van der Waals surface area (Å²) in [5.41, 5.74) is 10.2. The standard InChI is InChI=1S/C37H37FN6O5/c1-20(45)48-19-27-25(6-5-7-30(27)44-15-12-23-16-24(21-8-9-21)17-28(38)31(23)34(44)46)32-26-18-29(40-33(26)42-35(39)41-32)22-10-13-43(14-11-22)36(47)49-37(2,3)4/h5-7,10,12,15-18,21H,8-9,11,13-14,19H2,1-4H3,(H3,39,40,41,42). The molecule has 1 aliphatic carbocycles. The molecule has 12 heteroatoms. The Morgan fingerprint density at radius 1 is 1.12 bits per heavy atom. The van der Waals surface area contributed by atoms with Gasteiger partial charge in [-0.3, -0.25) is 14.2 Å². The van der Waals surface area contributed by atoms with Crippen molar-refractivity contribution < 1.29 is 23.5 Å². The lowest BCUT2D eigenvalue weighted by Crippen LogP contribution is -2.39. The lowest BCUT2D eigenvalue weighted by atomic mass is 9.99. The minimum Gasteiger partial charge on any atom is -0.461 e. The minimum atomic E-state index is -0.587. The molecule has 0 radical (unpaired) electrons. The van der Waals surface area contributed by atoms with Gasteiger partial charge in [-0.2, -0.15) is 4.98 Å². The van der Waals surface area contributed by atoms with Gasteiger partial charge in [-0.05, 0) is 86.7 Å². The van der Waals surface area contributed by atoms with Crippen molar-refractivity contribution in [3.8, 4) is 16.9 Å². The van der Waals surface area contributed by atoms with E-state index in [1.54, 1.807) is 29.3 Å². The van der Waals surface area contributed by atoms with Crippen LogP contribution in [0.1, 0.15) is 69.7 Å². The quantitative estimate of drug-likeness (QED) is 0.193. The van der Waals surface area contributed by atoms with Crippen molar-refractivity contribution in [3.63, 3.8) is 0 Å². The largest absolute Gasteiger partial charge is 0.461 e. The molecule has 0 spiro atoms. The van der Waals surface area contributed by atoms with Crippen LogP contribution >= 0.6 is 0 Å². The first-order chi connectivity index (χ1) is 23.4. The number of carbonyl (C=O) groups excluding carboxylic acids is 2. The fraction of sp³-hybridized carbons (Fsp3) is 0.324. The van der Waals surface area contributed by atoms with Crippen LogP contribution in [0.15, 0.2) is 59.5 Å². The van der Waals surface area contributed by atoms with Crippen molar-refractivity contribution in [1.29, 1.82) is 0 Å². The van der Waals surface area contributed by atoms with E-state index in [9.17, 15) is 14.4 Å². The fourth-order valence-electron chi connectivity index (χ4n) is 6.35. The number of carbonyl (C=O) groups is 2. The second-order valence-corrected chi connectivity index (χ2v) is 13.6. The van der Waals surface area contributed by atoms with E-state index < -0.39 is 22.9 Å². The number of aromatic amines is 1. The third kappa shape index (κ3) is 6.38. The van der Waals surface area contributed by atoms with Crippen LogP contribution in [0.2, 0.25) is 0 Å². The number of pyridine rings is 1. The molecule has 4 heterocycles. The molecule has 1 aliphatic heterocycles. The summed E-state index contributed by atoms with van der Waals surface area (Å²) >= 11 is 0. The second kappa shape index (κ2) is 12.2. The first-order valence-electron chi connectivity index (χ1n) is 16.3. The summed E-state index contributed by atoms with van der Waals surface area (Å²) in [6.45, 7) is 7.50. The van der Waals surface area contributed by atoms with Gasteiger partial charge in [0, 0.05) is 48.4 Å². The van der Waals surface area contributed by atoms with Crippen LogP contribution in [-0.4, -0.2) is 55.2 Å². The van der Waals surface area contributed by atoms with Gasteiger partial charge in [0.15, 0.2) is 0 Å². The highest BCUT2D eigenvalue weighted by Gasteiger charge is 2.27. The van der Waals surface area contributed by atoms with Crippen molar-refractivity contribution >= 4 is 45.4 Å². The number of anilines is 1. The van der Waals surface area contributed by atoms with Gasteiger partial charge >= 0.3 is 12.1 Å². The van der Waals surface area contributed by atoms with Gasteiger partial charge in [0.2, 0.25) is 5.95 Å². The van der Waals surface area contributed by atoms with Crippen LogP contribution < -0.4 is 11.3 Å². The third-order valence-corrected chi connectivity index (χ3v) is 8.82. The topological polar surface area (TPSA) is 145 Å². The maximum Gasteiger partial charge on any atom is 0.410 e. The Morgan fingerprint density at radius 3 is 2.61 bits per heavy atom. The predicted octanol–water partition coefficient (Wildman–Crippen LogP) is 6.62. The molecule has 7 rings (SSSR count). The summed E-state index contributed by atoms with van der Waals surface area (Å²) in [4.78, 5) is 52.6. The molecule has 0 saturated heterocycles. The number of aromatic nitrogens is 4. The van der Waals surface area contributed by atoms with E-state index >= 15 is 4.39 Å². The number of rotatable bonds is 6. The van der Waals surface area contributed by atoms with Gasteiger partial charge in [-0.1, -0.05) is 24.3 Å². The molecule has 49 heavy (non-hydrogen) atoms. The van der Waals surface area contributed by atoms with Crippen LogP contribution in [0.3, 0.4) is 0 Å². The molecule has 2 aromatic carbocycles. The molecule has 1 amide bonds. The van der Waals surface area contributed by atoms with Crippen molar-refractivity contribution in [2.24, 2.45) is 0 Å². The normalized spacial score (nSPS) is 15.0. The molecular formula is C37H37FN6O5. The van der Waals surface area contributed by atoms with E-state index in [2.05, 4.69) is 15.0 Å². The van der Waals surface area contributed by atoms with Gasteiger partial charge in [0.25, 0.3) is 5.56 Å². The van der Waals surface area contributed by atoms with Crippen LogP contribution in [0.25, 0.3) is 44.3 Å². The summed E-state index contributed by atoms with van der Waals surface area (Å²) < 4.78 is 27.8. The van der Waals surface area contributed by atoms with Crippen LogP contribution in [0.5, 0.6) is 0 Å². The molecule has 1 fully saturated rings. The monoisotopic (exact) mass is 664 g/mol. The van der Waals surface area contributed by atoms with E-state index in [0.29, 0.717) is 64.4 Å². The Bertz CT molecular complexity index is 2240. The Hall–Kier alpha value is -5.52. The SMILES string of the molecule is CC(=O)OCc1c(-c2nc(N)nc3[nH]c(C4=CCN(C(=O)OC(C)(C)C)CC4)cc23)cccc1-n1ccc2cc(C3CC3)cc(F)c2c1=O. The number of amides is 1.